The summed E-state index contributed by atoms with van der Waals surface area (Å²) in [6.07, 6.45) is 6.16. The molecular weight excluding hydrogens is 224 g/mol. The molecule has 0 spiro atoms. The zero-order valence-corrected chi connectivity index (χ0v) is 10.6. The SMILES string of the molecule is C[C@]12CC=CC[C@H](c3ccccc3)[C@@H]1COC2=O. The van der Waals surface area contributed by atoms with Gasteiger partial charge in [0.1, 0.15) is 0 Å². The minimum atomic E-state index is -0.340. The van der Waals surface area contributed by atoms with Crippen LogP contribution in [0.15, 0.2) is 42.5 Å². The lowest BCUT2D eigenvalue weighted by Gasteiger charge is -2.30. The predicted octanol–water partition coefficient (Wildman–Crippen LogP) is 3.30. The summed E-state index contributed by atoms with van der Waals surface area (Å²) in [7, 11) is 0. The zero-order chi connectivity index (χ0) is 12.6. The number of rotatable bonds is 1. The van der Waals surface area contributed by atoms with Crippen molar-refractivity contribution in [2.45, 2.75) is 25.7 Å². The molecule has 0 aromatic heterocycles. The molecule has 2 aliphatic rings. The van der Waals surface area contributed by atoms with Crippen molar-refractivity contribution in [1.29, 1.82) is 0 Å². The van der Waals surface area contributed by atoms with Crippen molar-refractivity contribution in [2.24, 2.45) is 11.3 Å². The van der Waals surface area contributed by atoms with Gasteiger partial charge < -0.3 is 4.74 Å². The molecule has 2 nitrogen and oxygen atoms in total. The second kappa shape index (κ2) is 4.27. The summed E-state index contributed by atoms with van der Waals surface area (Å²) >= 11 is 0. The first-order valence-corrected chi connectivity index (χ1v) is 6.59. The second-order valence-electron chi connectivity index (χ2n) is 5.55. The highest BCUT2D eigenvalue weighted by molar-refractivity contribution is 5.79. The third kappa shape index (κ3) is 1.67. The Morgan fingerprint density at radius 2 is 2.00 bits per heavy atom. The second-order valence-corrected chi connectivity index (χ2v) is 5.55. The maximum atomic E-state index is 12.0. The third-order valence-corrected chi connectivity index (χ3v) is 4.49. The molecule has 0 radical (unpaired) electrons. The largest absolute Gasteiger partial charge is 0.465 e. The molecule has 1 fully saturated rings. The molecule has 1 saturated heterocycles. The maximum Gasteiger partial charge on any atom is 0.312 e. The van der Waals surface area contributed by atoms with Gasteiger partial charge in [-0.15, -0.1) is 0 Å². The van der Waals surface area contributed by atoms with E-state index in [1.54, 1.807) is 0 Å². The number of ether oxygens (including phenoxy) is 1. The van der Waals surface area contributed by atoms with Crippen molar-refractivity contribution >= 4 is 5.97 Å². The first kappa shape index (κ1) is 11.5. The van der Waals surface area contributed by atoms with E-state index in [9.17, 15) is 4.79 Å². The molecule has 1 aromatic rings. The van der Waals surface area contributed by atoms with Crippen LogP contribution in [0.2, 0.25) is 0 Å². The molecule has 0 amide bonds. The summed E-state index contributed by atoms with van der Waals surface area (Å²) in [5.41, 5.74) is 0.978. The average Bonchev–Trinajstić information content (AvgIpc) is 2.60. The topological polar surface area (TPSA) is 26.3 Å². The maximum absolute atomic E-state index is 12.0. The van der Waals surface area contributed by atoms with Gasteiger partial charge in [0.25, 0.3) is 0 Å². The Kier molecular flexibility index (Phi) is 2.73. The van der Waals surface area contributed by atoms with Crippen LogP contribution in [0, 0.1) is 11.3 Å². The van der Waals surface area contributed by atoms with Gasteiger partial charge in [-0.1, -0.05) is 42.5 Å². The molecule has 0 unspecified atom stereocenters. The minimum Gasteiger partial charge on any atom is -0.465 e. The van der Waals surface area contributed by atoms with E-state index in [-0.39, 0.29) is 11.4 Å². The fourth-order valence-electron chi connectivity index (χ4n) is 3.26. The molecule has 1 aliphatic heterocycles. The Morgan fingerprint density at radius 1 is 1.22 bits per heavy atom. The molecule has 94 valence electrons. The summed E-state index contributed by atoms with van der Waals surface area (Å²) in [5.74, 6) is 0.656. The molecule has 18 heavy (non-hydrogen) atoms. The van der Waals surface area contributed by atoms with Crippen molar-refractivity contribution in [2.75, 3.05) is 6.61 Å². The minimum absolute atomic E-state index is 0.0278. The normalized spacial score (nSPS) is 34.8. The number of benzene rings is 1. The van der Waals surface area contributed by atoms with Gasteiger partial charge in [0, 0.05) is 5.92 Å². The Hall–Kier alpha value is -1.57. The number of allylic oxidation sites excluding steroid dienone is 2. The highest BCUT2D eigenvalue weighted by atomic mass is 16.5. The Bertz CT molecular complexity index is 477. The van der Waals surface area contributed by atoms with Gasteiger partial charge in [-0.05, 0) is 31.2 Å². The zero-order valence-electron chi connectivity index (χ0n) is 10.6. The van der Waals surface area contributed by atoms with Crippen LogP contribution in [0.3, 0.4) is 0 Å². The third-order valence-electron chi connectivity index (χ3n) is 4.49. The summed E-state index contributed by atoms with van der Waals surface area (Å²) < 4.78 is 5.34. The molecule has 0 saturated carbocycles. The number of carbonyl (C=O) groups is 1. The molecule has 3 rings (SSSR count). The molecule has 1 aliphatic carbocycles. The fourth-order valence-corrected chi connectivity index (χ4v) is 3.26. The van der Waals surface area contributed by atoms with Gasteiger partial charge in [0.2, 0.25) is 0 Å². The standard InChI is InChI=1S/C16H18O2/c1-16-10-6-5-9-13(12-7-3-2-4-8-12)14(16)11-18-15(16)17/h2-8,13-14H,9-11H2,1H3/t13-,14+,16+/m1/s1. The van der Waals surface area contributed by atoms with E-state index in [1.807, 2.05) is 6.07 Å². The van der Waals surface area contributed by atoms with Crippen LogP contribution in [0.25, 0.3) is 0 Å². The summed E-state index contributed by atoms with van der Waals surface area (Å²) in [6, 6.07) is 10.5. The predicted molar refractivity (Wildman–Crippen MR) is 70.1 cm³/mol. The van der Waals surface area contributed by atoms with Crippen molar-refractivity contribution in [3.63, 3.8) is 0 Å². The van der Waals surface area contributed by atoms with Crippen LogP contribution in [0.5, 0.6) is 0 Å². The van der Waals surface area contributed by atoms with Gasteiger partial charge >= 0.3 is 5.97 Å². The summed E-state index contributed by atoms with van der Waals surface area (Å²) in [4.78, 5) is 12.0. The van der Waals surface area contributed by atoms with Crippen molar-refractivity contribution in [1.82, 2.24) is 0 Å². The lowest BCUT2D eigenvalue weighted by molar-refractivity contribution is -0.145. The van der Waals surface area contributed by atoms with E-state index >= 15 is 0 Å². The van der Waals surface area contributed by atoms with Crippen LogP contribution in [-0.2, 0) is 9.53 Å². The number of fused-ring (bicyclic) bond motifs is 1. The van der Waals surface area contributed by atoms with Gasteiger partial charge in [-0.3, -0.25) is 4.79 Å². The quantitative estimate of drug-likeness (QED) is 0.558. The lowest BCUT2D eigenvalue weighted by atomic mass is 9.69. The first-order chi connectivity index (χ1) is 8.72. The van der Waals surface area contributed by atoms with Crippen molar-refractivity contribution in [3.8, 4) is 0 Å². The van der Waals surface area contributed by atoms with Crippen LogP contribution < -0.4 is 0 Å². The average molecular weight is 242 g/mol. The molecule has 2 heteroatoms. The smallest absolute Gasteiger partial charge is 0.312 e. The highest BCUT2D eigenvalue weighted by Gasteiger charge is 2.51. The molecular formula is C16H18O2. The molecule has 1 heterocycles. The summed E-state index contributed by atoms with van der Waals surface area (Å²) in [6.45, 7) is 2.62. The highest BCUT2D eigenvalue weighted by Crippen LogP contribution is 2.49. The molecule has 1 aromatic carbocycles. The van der Waals surface area contributed by atoms with E-state index in [1.165, 1.54) is 5.56 Å². The Morgan fingerprint density at radius 3 is 2.78 bits per heavy atom. The van der Waals surface area contributed by atoms with Crippen LogP contribution in [0.1, 0.15) is 31.2 Å². The van der Waals surface area contributed by atoms with E-state index in [0.29, 0.717) is 18.4 Å². The molecule has 3 atom stereocenters. The van der Waals surface area contributed by atoms with Gasteiger partial charge in [0.05, 0.1) is 12.0 Å². The van der Waals surface area contributed by atoms with E-state index in [0.717, 1.165) is 12.8 Å². The number of esters is 1. The van der Waals surface area contributed by atoms with E-state index in [4.69, 9.17) is 4.74 Å². The van der Waals surface area contributed by atoms with E-state index in [2.05, 4.69) is 43.3 Å². The first-order valence-electron chi connectivity index (χ1n) is 6.59. The molecule has 0 N–H and O–H groups in total. The van der Waals surface area contributed by atoms with Crippen molar-refractivity contribution in [3.05, 3.63) is 48.0 Å². The number of cyclic esters (lactones) is 1. The Labute approximate surface area is 108 Å². The van der Waals surface area contributed by atoms with Gasteiger partial charge in [0.15, 0.2) is 0 Å². The molecule has 0 bridgehead atoms. The number of hydrogen-bond acceptors (Lipinski definition) is 2. The van der Waals surface area contributed by atoms with Gasteiger partial charge in [-0.25, -0.2) is 0 Å². The monoisotopic (exact) mass is 242 g/mol. The van der Waals surface area contributed by atoms with Crippen LogP contribution in [-0.4, -0.2) is 12.6 Å². The van der Waals surface area contributed by atoms with Gasteiger partial charge in [-0.2, -0.15) is 0 Å². The van der Waals surface area contributed by atoms with Crippen LogP contribution in [0.4, 0.5) is 0 Å². The van der Waals surface area contributed by atoms with E-state index < -0.39 is 0 Å². The fraction of sp³-hybridized carbons (Fsp3) is 0.438. The van der Waals surface area contributed by atoms with Crippen LogP contribution >= 0.6 is 0 Å². The summed E-state index contributed by atoms with van der Waals surface area (Å²) in [5, 5.41) is 0. The van der Waals surface area contributed by atoms with Crippen molar-refractivity contribution < 1.29 is 9.53 Å². The lowest BCUT2D eigenvalue weighted by Crippen LogP contribution is -2.32. The Balaban J connectivity index is 2.00. The number of carbonyl (C=O) groups excluding carboxylic acids is 1. The number of hydrogen-bond donors (Lipinski definition) is 0.